The average Bonchev–Trinajstić information content (AvgIpc) is 2.25. The Morgan fingerprint density at radius 1 is 1.27 bits per heavy atom. The normalized spacial score (nSPS) is 11.7. The highest BCUT2D eigenvalue weighted by molar-refractivity contribution is 5.73. The van der Waals surface area contributed by atoms with Gasteiger partial charge in [0.05, 0.1) is 13.4 Å². The van der Waals surface area contributed by atoms with Crippen molar-refractivity contribution in [1.82, 2.24) is 0 Å². The van der Waals surface area contributed by atoms with Gasteiger partial charge in [-0.15, -0.1) is 0 Å². The standard InChI is InChI=1S/C14H16O/c1-4-5-6-14(11-15-3)13-9-7-12(2)8-10-13/h4-11H,1H2,2-3H3/b6-5-,14-11+. The molecule has 0 bridgehead atoms. The number of allylic oxidation sites excluding steroid dienone is 4. The van der Waals surface area contributed by atoms with Gasteiger partial charge in [0.2, 0.25) is 0 Å². The first-order valence-electron chi connectivity index (χ1n) is 4.87. The lowest BCUT2D eigenvalue weighted by atomic mass is 10.1. The highest BCUT2D eigenvalue weighted by Crippen LogP contribution is 2.16. The van der Waals surface area contributed by atoms with Gasteiger partial charge in [0, 0.05) is 5.57 Å². The predicted octanol–water partition coefficient (Wildman–Crippen LogP) is 3.72. The van der Waals surface area contributed by atoms with Crippen molar-refractivity contribution in [3.05, 3.63) is 66.5 Å². The monoisotopic (exact) mass is 200 g/mol. The number of ether oxygens (including phenoxy) is 1. The van der Waals surface area contributed by atoms with Crippen LogP contribution in [0.2, 0.25) is 0 Å². The number of benzene rings is 1. The highest BCUT2D eigenvalue weighted by Gasteiger charge is 1.96. The van der Waals surface area contributed by atoms with Crippen LogP contribution < -0.4 is 0 Å². The van der Waals surface area contributed by atoms with Gasteiger partial charge in [-0.05, 0) is 12.5 Å². The first-order valence-corrected chi connectivity index (χ1v) is 4.87. The van der Waals surface area contributed by atoms with Gasteiger partial charge in [0.1, 0.15) is 0 Å². The zero-order chi connectivity index (χ0) is 11.1. The molecule has 1 rings (SSSR count). The van der Waals surface area contributed by atoms with Crippen LogP contribution in [-0.4, -0.2) is 7.11 Å². The second-order valence-corrected chi connectivity index (χ2v) is 3.27. The van der Waals surface area contributed by atoms with E-state index in [1.165, 1.54) is 5.56 Å². The lowest BCUT2D eigenvalue weighted by Gasteiger charge is -2.02. The molecular weight excluding hydrogens is 184 g/mol. The van der Waals surface area contributed by atoms with E-state index in [4.69, 9.17) is 4.74 Å². The number of hydrogen-bond acceptors (Lipinski definition) is 1. The van der Waals surface area contributed by atoms with Crippen molar-refractivity contribution < 1.29 is 4.74 Å². The topological polar surface area (TPSA) is 9.23 Å². The Morgan fingerprint density at radius 3 is 2.47 bits per heavy atom. The summed E-state index contributed by atoms with van der Waals surface area (Å²) in [7, 11) is 1.65. The lowest BCUT2D eigenvalue weighted by molar-refractivity contribution is 0.340. The molecule has 0 aliphatic carbocycles. The molecule has 0 saturated heterocycles. The van der Waals surface area contributed by atoms with Gasteiger partial charge in [-0.3, -0.25) is 0 Å². The maximum absolute atomic E-state index is 5.04. The molecule has 0 aromatic heterocycles. The second kappa shape index (κ2) is 5.86. The van der Waals surface area contributed by atoms with Crippen LogP contribution in [0.3, 0.4) is 0 Å². The van der Waals surface area contributed by atoms with Gasteiger partial charge in [0.25, 0.3) is 0 Å². The Bertz CT molecular complexity index is 369. The first-order chi connectivity index (χ1) is 7.27. The Labute approximate surface area is 91.4 Å². The van der Waals surface area contributed by atoms with E-state index in [2.05, 4.69) is 37.8 Å². The van der Waals surface area contributed by atoms with Crippen LogP contribution in [0.5, 0.6) is 0 Å². The third-order valence-corrected chi connectivity index (χ3v) is 2.04. The minimum atomic E-state index is 1.04. The summed E-state index contributed by atoms with van der Waals surface area (Å²) in [5, 5.41) is 0. The van der Waals surface area contributed by atoms with Crippen LogP contribution in [0.4, 0.5) is 0 Å². The third-order valence-electron chi connectivity index (χ3n) is 2.04. The zero-order valence-electron chi connectivity index (χ0n) is 9.23. The fourth-order valence-electron chi connectivity index (χ4n) is 1.25. The molecule has 1 aromatic rings. The quantitative estimate of drug-likeness (QED) is 0.531. The van der Waals surface area contributed by atoms with E-state index in [1.54, 1.807) is 19.4 Å². The first kappa shape index (κ1) is 11.3. The summed E-state index contributed by atoms with van der Waals surface area (Å²) in [5.41, 5.74) is 3.43. The van der Waals surface area contributed by atoms with E-state index < -0.39 is 0 Å². The molecule has 0 N–H and O–H groups in total. The number of methoxy groups -OCH3 is 1. The maximum Gasteiger partial charge on any atom is 0.0903 e. The van der Waals surface area contributed by atoms with Crippen LogP contribution >= 0.6 is 0 Å². The molecule has 15 heavy (non-hydrogen) atoms. The van der Waals surface area contributed by atoms with E-state index in [-0.39, 0.29) is 0 Å². The maximum atomic E-state index is 5.04. The second-order valence-electron chi connectivity index (χ2n) is 3.27. The van der Waals surface area contributed by atoms with Crippen molar-refractivity contribution in [3.8, 4) is 0 Å². The fraction of sp³-hybridized carbons (Fsp3) is 0.143. The van der Waals surface area contributed by atoms with Crippen LogP contribution in [0, 0.1) is 6.92 Å². The minimum absolute atomic E-state index is 1.04. The van der Waals surface area contributed by atoms with E-state index in [0.29, 0.717) is 0 Å². The summed E-state index contributed by atoms with van der Waals surface area (Å²) < 4.78 is 5.04. The molecular formula is C14H16O. The molecule has 78 valence electrons. The summed E-state index contributed by atoms with van der Waals surface area (Å²) in [6.07, 6.45) is 7.34. The number of rotatable bonds is 4. The van der Waals surface area contributed by atoms with Crippen molar-refractivity contribution in [2.75, 3.05) is 7.11 Å². The zero-order valence-corrected chi connectivity index (χ0v) is 9.23. The fourth-order valence-corrected chi connectivity index (χ4v) is 1.25. The number of hydrogen-bond donors (Lipinski definition) is 0. The van der Waals surface area contributed by atoms with Gasteiger partial charge in [-0.1, -0.05) is 54.6 Å². The summed E-state index contributed by atoms with van der Waals surface area (Å²) >= 11 is 0. The molecule has 0 heterocycles. The van der Waals surface area contributed by atoms with Gasteiger partial charge >= 0.3 is 0 Å². The Balaban J connectivity index is 2.99. The van der Waals surface area contributed by atoms with Crippen LogP contribution in [-0.2, 0) is 4.74 Å². The van der Waals surface area contributed by atoms with Crippen LogP contribution in [0.15, 0.2) is 55.3 Å². The lowest BCUT2D eigenvalue weighted by Crippen LogP contribution is -1.83. The summed E-state index contributed by atoms with van der Waals surface area (Å²) in [6.45, 7) is 5.72. The van der Waals surface area contributed by atoms with E-state index in [9.17, 15) is 0 Å². The summed E-state index contributed by atoms with van der Waals surface area (Å²) in [5.74, 6) is 0. The van der Waals surface area contributed by atoms with Gasteiger partial charge in [-0.25, -0.2) is 0 Å². The molecule has 1 nitrogen and oxygen atoms in total. The summed E-state index contributed by atoms with van der Waals surface area (Å²) in [6, 6.07) is 8.32. The van der Waals surface area contributed by atoms with Crippen molar-refractivity contribution in [2.24, 2.45) is 0 Å². The Hall–Kier alpha value is -1.76. The summed E-state index contributed by atoms with van der Waals surface area (Å²) in [4.78, 5) is 0. The Morgan fingerprint density at radius 2 is 1.93 bits per heavy atom. The van der Waals surface area contributed by atoms with E-state index in [1.807, 2.05) is 12.2 Å². The molecule has 0 atom stereocenters. The smallest absolute Gasteiger partial charge is 0.0903 e. The molecule has 0 aliphatic heterocycles. The molecule has 0 fully saturated rings. The van der Waals surface area contributed by atoms with E-state index in [0.717, 1.165) is 11.1 Å². The molecule has 0 spiro atoms. The third kappa shape index (κ3) is 3.47. The molecule has 0 unspecified atom stereocenters. The Kier molecular flexibility index (Phi) is 4.42. The van der Waals surface area contributed by atoms with E-state index >= 15 is 0 Å². The van der Waals surface area contributed by atoms with Crippen molar-refractivity contribution in [1.29, 1.82) is 0 Å². The largest absolute Gasteiger partial charge is 0.504 e. The van der Waals surface area contributed by atoms with Crippen LogP contribution in [0.25, 0.3) is 5.57 Å². The van der Waals surface area contributed by atoms with Gasteiger partial charge < -0.3 is 4.74 Å². The average molecular weight is 200 g/mol. The molecule has 0 saturated carbocycles. The van der Waals surface area contributed by atoms with Gasteiger partial charge in [-0.2, -0.15) is 0 Å². The predicted molar refractivity (Wildman–Crippen MR) is 65.5 cm³/mol. The molecule has 1 heteroatoms. The molecule has 0 amide bonds. The highest BCUT2D eigenvalue weighted by atomic mass is 16.5. The van der Waals surface area contributed by atoms with Crippen LogP contribution in [0.1, 0.15) is 11.1 Å². The molecule has 0 aliphatic rings. The molecule has 1 aromatic carbocycles. The number of aryl methyl sites for hydroxylation is 1. The van der Waals surface area contributed by atoms with Crippen molar-refractivity contribution in [3.63, 3.8) is 0 Å². The van der Waals surface area contributed by atoms with Crippen molar-refractivity contribution in [2.45, 2.75) is 6.92 Å². The minimum Gasteiger partial charge on any atom is -0.504 e. The molecule has 0 radical (unpaired) electrons. The van der Waals surface area contributed by atoms with Gasteiger partial charge in [0.15, 0.2) is 0 Å². The van der Waals surface area contributed by atoms with Crippen molar-refractivity contribution >= 4 is 5.57 Å². The SMILES string of the molecule is C=C/C=C\C(=C/OC)c1ccc(C)cc1.